The van der Waals surface area contributed by atoms with E-state index in [1.165, 1.54) is 23.4 Å². The summed E-state index contributed by atoms with van der Waals surface area (Å²) in [5.74, 6) is 0.354. The number of fused-ring (bicyclic) bond motifs is 1. The van der Waals surface area contributed by atoms with E-state index in [-0.39, 0.29) is 29.4 Å². The van der Waals surface area contributed by atoms with Crippen molar-refractivity contribution in [2.75, 3.05) is 16.4 Å². The van der Waals surface area contributed by atoms with Gasteiger partial charge in [-0.15, -0.1) is 0 Å². The first-order valence-corrected chi connectivity index (χ1v) is 12.5. The highest BCUT2D eigenvalue weighted by atomic mass is 79.9. The quantitative estimate of drug-likeness (QED) is 0.646. The van der Waals surface area contributed by atoms with Gasteiger partial charge in [-0.3, -0.25) is 4.99 Å². The predicted octanol–water partition coefficient (Wildman–Crippen LogP) is 4.48. The summed E-state index contributed by atoms with van der Waals surface area (Å²) in [6, 6.07) is 10.7. The van der Waals surface area contributed by atoms with Crippen LogP contribution < -0.4 is 4.90 Å². The minimum Gasteiger partial charge on any atom is -0.315 e. The summed E-state index contributed by atoms with van der Waals surface area (Å²) in [6.07, 6.45) is 0. The van der Waals surface area contributed by atoms with Gasteiger partial charge in [-0.1, -0.05) is 39.8 Å². The van der Waals surface area contributed by atoms with E-state index in [1.807, 2.05) is 36.9 Å². The first kappa shape index (κ1) is 19.9. The lowest BCUT2D eigenvalue weighted by Crippen LogP contribution is -2.39. The largest absolute Gasteiger partial charge is 0.315 e. The second-order valence-corrected chi connectivity index (χ2v) is 11.3. The van der Waals surface area contributed by atoms with E-state index in [4.69, 9.17) is 4.99 Å². The van der Waals surface area contributed by atoms with Crippen LogP contribution in [0.2, 0.25) is 0 Å². The molecule has 28 heavy (non-hydrogen) atoms. The van der Waals surface area contributed by atoms with Gasteiger partial charge in [-0.05, 0) is 54.8 Å². The summed E-state index contributed by atoms with van der Waals surface area (Å²) >= 11 is 4.73. The Hall–Kier alpha value is -1.38. The molecule has 1 saturated heterocycles. The van der Waals surface area contributed by atoms with Gasteiger partial charge in [0.2, 0.25) is 0 Å². The van der Waals surface area contributed by atoms with Crippen LogP contribution in [0.15, 0.2) is 45.9 Å². The van der Waals surface area contributed by atoms with E-state index in [0.29, 0.717) is 15.8 Å². The van der Waals surface area contributed by atoms with E-state index >= 15 is 0 Å². The molecular weight excluding hydrogens is 463 g/mol. The van der Waals surface area contributed by atoms with Crippen LogP contribution in [0.4, 0.5) is 10.1 Å². The van der Waals surface area contributed by atoms with Crippen LogP contribution in [-0.2, 0) is 15.6 Å². The Kier molecular flexibility index (Phi) is 5.31. The zero-order chi connectivity index (χ0) is 20.1. The van der Waals surface area contributed by atoms with Crippen molar-refractivity contribution in [3.05, 3.63) is 63.4 Å². The number of aryl methyl sites for hydroxylation is 2. The topological polar surface area (TPSA) is 49.7 Å². The molecule has 0 spiro atoms. The number of amidine groups is 1. The number of halogens is 2. The lowest BCUT2D eigenvalue weighted by Gasteiger charge is -2.27. The van der Waals surface area contributed by atoms with Crippen molar-refractivity contribution < 1.29 is 12.8 Å². The number of thioether (sulfide) groups is 1. The number of hydrogen-bond donors (Lipinski definition) is 0. The van der Waals surface area contributed by atoms with Crippen molar-refractivity contribution in [3.63, 3.8) is 0 Å². The third-order valence-corrected chi connectivity index (χ3v) is 8.46. The number of aliphatic imine (C=N–C) groups is 1. The summed E-state index contributed by atoms with van der Waals surface area (Å²) in [4.78, 5) is 6.74. The molecule has 0 aliphatic carbocycles. The van der Waals surface area contributed by atoms with Crippen molar-refractivity contribution >= 4 is 48.4 Å². The van der Waals surface area contributed by atoms with E-state index < -0.39 is 9.84 Å². The Morgan fingerprint density at radius 3 is 2.68 bits per heavy atom. The highest BCUT2D eigenvalue weighted by Crippen LogP contribution is 2.36. The van der Waals surface area contributed by atoms with Crippen LogP contribution in [0.1, 0.15) is 16.7 Å². The van der Waals surface area contributed by atoms with E-state index in [1.54, 1.807) is 6.07 Å². The lowest BCUT2D eigenvalue weighted by molar-refractivity contribution is 0.601. The van der Waals surface area contributed by atoms with Gasteiger partial charge in [0, 0.05) is 15.9 Å². The molecule has 4 rings (SSSR count). The molecule has 2 aromatic carbocycles. The van der Waals surface area contributed by atoms with Crippen LogP contribution in [0.25, 0.3) is 0 Å². The Bertz CT molecular complexity index is 1070. The van der Waals surface area contributed by atoms with E-state index in [9.17, 15) is 12.8 Å². The molecule has 148 valence electrons. The standard InChI is InChI=1S/C20H20BrFN2O2S2/c1-12-3-6-16(7-13(12)2)24-19-11-28(25,26)10-18(19)23-20(24)27-9-14-4-5-15(21)8-17(14)22/h3-8,18-19H,9-11H2,1-2H3/t18-,19+/m1/s1. The molecule has 2 aliphatic heterocycles. The molecule has 2 atom stereocenters. The normalized spacial score (nSPS) is 23.0. The second-order valence-electron chi connectivity index (χ2n) is 7.29. The van der Waals surface area contributed by atoms with Crippen LogP contribution >= 0.6 is 27.7 Å². The van der Waals surface area contributed by atoms with Gasteiger partial charge in [0.15, 0.2) is 15.0 Å². The monoisotopic (exact) mass is 482 g/mol. The molecule has 1 fully saturated rings. The molecule has 0 bridgehead atoms. The predicted molar refractivity (Wildman–Crippen MR) is 117 cm³/mol. The first-order valence-electron chi connectivity index (χ1n) is 8.95. The third-order valence-electron chi connectivity index (χ3n) is 5.25. The Morgan fingerprint density at radius 2 is 1.96 bits per heavy atom. The number of sulfone groups is 1. The minimum absolute atomic E-state index is 0.0791. The number of rotatable bonds is 3. The molecule has 2 aliphatic rings. The molecule has 0 saturated carbocycles. The molecular formula is C20H20BrFN2O2S2. The Morgan fingerprint density at radius 1 is 1.18 bits per heavy atom. The van der Waals surface area contributed by atoms with Crippen LogP contribution in [-0.4, -0.2) is 37.2 Å². The van der Waals surface area contributed by atoms with Crippen molar-refractivity contribution in [1.29, 1.82) is 0 Å². The van der Waals surface area contributed by atoms with Gasteiger partial charge in [0.05, 0.1) is 23.6 Å². The average molecular weight is 483 g/mol. The summed E-state index contributed by atoms with van der Waals surface area (Å²) in [7, 11) is -3.09. The van der Waals surface area contributed by atoms with Crippen LogP contribution in [0, 0.1) is 19.7 Å². The summed E-state index contributed by atoms with van der Waals surface area (Å²) < 4.78 is 39.2. The van der Waals surface area contributed by atoms with Crippen molar-refractivity contribution in [2.45, 2.75) is 31.7 Å². The zero-order valence-electron chi connectivity index (χ0n) is 15.5. The number of hydrogen-bond acceptors (Lipinski definition) is 5. The van der Waals surface area contributed by atoms with Gasteiger partial charge in [0.25, 0.3) is 0 Å². The fraction of sp³-hybridized carbons (Fsp3) is 0.350. The number of benzene rings is 2. The first-order chi connectivity index (χ1) is 13.2. The summed E-state index contributed by atoms with van der Waals surface area (Å²) in [6.45, 7) is 4.09. The lowest BCUT2D eigenvalue weighted by atomic mass is 10.1. The SMILES string of the molecule is Cc1ccc(N2C(SCc3ccc(Br)cc3F)=N[C@@H]3CS(=O)(=O)C[C@@H]32)cc1C. The van der Waals surface area contributed by atoms with E-state index in [0.717, 1.165) is 16.4 Å². The maximum absolute atomic E-state index is 14.2. The molecule has 0 radical (unpaired) electrons. The number of nitrogens with zero attached hydrogens (tertiary/aromatic N) is 2. The van der Waals surface area contributed by atoms with Gasteiger partial charge in [0.1, 0.15) is 5.82 Å². The molecule has 2 aromatic rings. The summed E-state index contributed by atoms with van der Waals surface area (Å²) in [5.41, 5.74) is 3.86. The molecule has 2 heterocycles. The van der Waals surface area contributed by atoms with Crippen LogP contribution in [0.5, 0.6) is 0 Å². The van der Waals surface area contributed by atoms with E-state index in [2.05, 4.69) is 22.0 Å². The van der Waals surface area contributed by atoms with Crippen molar-refractivity contribution in [2.24, 2.45) is 4.99 Å². The maximum Gasteiger partial charge on any atom is 0.164 e. The van der Waals surface area contributed by atoms with Gasteiger partial charge in [-0.25, -0.2) is 12.8 Å². The highest BCUT2D eigenvalue weighted by molar-refractivity contribution is 9.10. The third kappa shape index (κ3) is 3.86. The Balaban J connectivity index is 1.64. The molecule has 8 heteroatoms. The highest BCUT2D eigenvalue weighted by Gasteiger charge is 2.47. The van der Waals surface area contributed by atoms with Crippen molar-refractivity contribution in [3.8, 4) is 0 Å². The molecule has 0 aromatic heterocycles. The van der Waals surface area contributed by atoms with Gasteiger partial charge in [-0.2, -0.15) is 0 Å². The minimum atomic E-state index is -3.09. The zero-order valence-corrected chi connectivity index (χ0v) is 18.7. The van der Waals surface area contributed by atoms with Gasteiger partial charge >= 0.3 is 0 Å². The maximum atomic E-state index is 14.2. The second kappa shape index (κ2) is 7.46. The number of anilines is 1. The molecule has 0 N–H and O–H groups in total. The smallest absolute Gasteiger partial charge is 0.164 e. The molecule has 0 amide bonds. The van der Waals surface area contributed by atoms with Crippen LogP contribution in [0.3, 0.4) is 0 Å². The molecule has 0 unspecified atom stereocenters. The average Bonchev–Trinajstić information content (AvgIpc) is 3.08. The Labute approximate surface area is 177 Å². The fourth-order valence-corrected chi connectivity index (χ4v) is 6.88. The summed E-state index contributed by atoms with van der Waals surface area (Å²) in [5, 5.41) is 0.760. The fourth-order valence-electron chi connectivity index (χ4n) is 3.59. The van der Waals surface area contributed by atoms with Gasteiger partial charge < -0.3 is 4.90 Å². The molecule has 4 nitrogen and oxygen atoms in total. The van der Waals surface area contributed by atoms with Crippen molar-refractivity contribution in [1.82, 2.24) is 0 Å².